The molecule has 0 radical (unpaired) electrons. The average Bonchev–Trinajstić information content (AvgIpc) is 0.811. The molecule has 0 heterocycles. The van der Waals surface area contributed by atoms with Crippen molar-refractivity contribution in [1.29, 1.82) is 0 Å². The maximum atomic E-state index is 3.42. The van der Waals surface area contributed by atoms with Crippen molar-refractivity contribution in [2.24, 2.45) is 5.92 Å². The Morgan fingerprint density at radius 3 is 1.00 bits per heavy atom. The van der Waals surface area contributed by atoms with Crippen LogP contribution in [0.2, 0.25) is 0 Å². The fourth-order valence-electron chi connectivity index (χ4n) is 0. The zero-order chi connectivity index (χ0) is 3.58. The fraction of sp³-hybridized carbons (Fsp3) is 0.250. The van der Waals surface area contributed by atoms with Crippen molar-refractivity contribution in [1.82, 2.24) is 0 Å². The molecule has 0 amide bonds. The Kier molecular flexibility index (Phi) is 1.33. The lowest BCUT2D eigenvalue weighted by molar-refractivity contribution is 1.06. The van der Waals surface area contributed by atoms with Crippen LogP contribution in [-0.2, 0) is 0 Å². The molecule has 0 atom stereocenters. The number of hydrogen-bond acceptors (Lipinski definition) is 0. The summed E-state index contributed by atoms with van der Waals surface area (Å²) in [6, 6.07) is 0. The molecule has 0 aliphatic carbocycles. The first kappa shape index (κ1) is 4.00. The smallest absolute Gasteiger partial charge is 0.397 e. The molecule has 0 saturated carbocycles. The summed E-state index contributed by atoms with van der Waals surface area (Å²) in [5.41, 5.74) is 0. The van der Waals surface area contributed by atoms with Crippen molar-refractivity contribution in [2.75, 3.05) is 0 Å². The van der Waals surface area contributed by atoms with Gasteiger partial charge in [-0.15, -0.1) is 0 Å². The van der Waals surface area contributed by atoms with E-state index in [0.717, 1.165) is 0 Å². The van der Waals surface area contributed by atoms with Crippen LogP contribution in [0.15, 0.2) is 0 Å². The Morgan fingerprint density at radius 2 is 1.00 bits per heavy atom. The molecule has 0 rings (SSSR count). The first-order valence-corrected chi connectivity index (χ1v) is 1.22. The summed E-state index contributed by atoms with van der Waals surface area (Å²) in [5, 5.41) is 0. The molecule has 0 bridgehead atoms. The first-order chi connectivity index (χ1) is 1.73. The topological polar surface area (TPSA) is 0 Å². The Balaban J connectivity index is 2.32. The molecule has 0 aromatic heterocycles. The monoisotopic (exact) mass is 55.1 g/mol. The highest BCUT2D eigenvalue weighted by Crippen LogP contribution is 1.77. The standard InChI is InChI=1S/C4H7/c1-4(2)3/h4H,1-3H2/q-3. The minimum Gasteiger partial charge on any atom is -0.447 e. The molecule has 0 unspecified atom stereocenters. The van der Waals surface area contributed by atoms with Crippen molar-refractivity contribution >= 4 is 0 Å². The van der Waals surface area contributed by atoms with Gasteiger partial charge in [0, 0.05) is 0 Å². The summed E-state index contributed by atoms with van der Waals surface area (Å²) >= 11 is 0. The second-order valence-corrected chi connectivity index (χ2v) is 0.866. The van der Waals surface area contributed by atoms with E-state index in [1.54, 1.807) is 0 Å². The maximum absolute atomic E-state index is 3.42. The highest BCUT2D eigenvalue weighted by molar-refractivity contribution is 4.62. The summed E-state index contributed by atoms with van der Waals surface area (Å²) in [4.78, 5) is 0. The molecule has 0 saturated heterocycles. The number of rotatable bonds is 0. The fourth-order valence-corrected chi connectivity index (χ4v) is 0. The van der Waals surface area contributed by atoms with E-state index in [2.05, 4.69) is 20.8 Å². The highest BCUT2D eigenvalue weighted by Gasteiger charge is 1.31. The van der Waals surface area contributed by atoms with Gasteiger partial charge in [-0.05, 0) is 0 Å². The second kappa shape index (κ2) is 1.33. The molecule has 0 nitrogen and oxygen atoms in total. The Labute approximate surface area is 27.8 Å². The van der Waals surface area contributed by atoms with Gasteiger partial charge in [-0.1, -0.05) is 0 Å². The minimum absolute atomic E-state index is 0.0833. The van der Waals surface area contributed by atoms with Crippen molar-refractivity contribution in [3.63, 3.8) is 0 Å². The van der Waals surface area contributed by atoms with Crippen molar-refractivity contribution in [3.8, 4) is 0 Å². The van der Waals surface area contributed by atoms with E-state index >= 15 is 0 Å². The molecule has 26 valence electrons. The third-order valence-electron chi connectivity index (χ3n) is 0. The molecule has 0 N–H and O–H groups in total. The largest absolute Gasteiger partial charge is 0.447 e. The van der Waals surface area contributed by atoms with Gasteiger partial charge in [0.05, 0.1) is 0 Å². The molecular formula is C4H7-3. The molecule has 0 fully saturated rings. The molecular weight excluding hydrogens is 48.0 g/mol. The van der Waals surface area contributed by atoms with Crippen LogP contribution >= 0.6 is 0 Å². The van der Waals surface area contributed by atoms with Crippen LogP contribution in [0.5, 0.6) is 0 Å². The zero-order valence-corrected chi connectivity index (χ0v) is 2.70. The summed E-state index contributed by atoms with van der Waals surface area (Å²) in [6.07, 6.45) is 0. The average molecular weight is 55.1 g/mol. The predicted molar refractivity (Wildman–Crippen MR) is 19.6 cm³/mol. The van der Waals surface area contributed by atoms with Gasteiger partial charge in [0.1, 0.15) is 0 Å². The van der Waals surface area contributed by atoms with Gasteiger partial charge in [0.25, 0.3) is 0 Å². The van der Waals surface area contributed by atoms with Gasteiger partial charge in [0.15, 0.2) is 0 Å². The summed E-state index contributed by atoms with van der Waals surface area (Å²) < 4.78 is 0. The Hall–Kier alpha value is 0. The first-order valence-electron chi connectivity index (χ1n) is 1.22. The summed E-state index contributed by atoms with van der Waals surface area (Å²) in [7, 11) is 0. The highest BCUT2D eigenvalue weighted by atomic mass is 13.7. The quantitative estimate of drug-likeness (QED) is 0.364. The lowest BCUT2D eigenvalue weighted by Crippen LogP contribution is -1.69. The van der Waals surface area contributed by atoms with Crippen LogP contribution in [0, 0.1) is 26.7 Å². The van der Waals surface area contributed by atoms with Gasteiger partial charge < -0.3 is 26.7 Å². The van der Waals surface area contributed by atoms with Gasteiger partial charge in [-0.2, -0.15) is 0 Å². The van der Waals surface area contributed by atoms with E-state index in [1.165, 1.54) is 0 Å². The molecule has 0 heteroatoms. The van der Waals surface area contributed by atoms with Crippen LogP contribution in [0.3, 0.4) is 0 Å². The Bertz CT molecular complexity index is 4.75. The van der Waals surface area contributed by atoms with Gasteiger partial charge in [0.2, 0.25) is 0 Å². The molecule has 0 aromatic rings. The van der Waals surface area contributed by atoms with E-state index in [4.69, 9.17) is 0 Å². The molecule has 0 spiro atoms. The lowest BCUT2D eigenvalue weighted by Gasteiger charge is -2.15. The summed E-state index contributed by atoms with van der Waals surface area (Å²) in [6.45, 7) is 10.2. The molecule has 4 heavy (non-hydrogen) atoms. The maximum Gasteiger partial charge on any atom is -0.397 e. The molecule has 0 aliphatic rings. The lowest BCUT2D eigenvalue weighted by atomic mass is 10.3. The van der Waals surface area contributed by atoms with E-state index in [-0.39, 0.29) is 5.92 Å². The van der Waals surface area contributed by atoms with Crippen LogP contribution in [0.25, 0.3) is 0 Å². The van der Waals surface area contributed by atoms with Gasteiger partial charge in [-0.3, -0.25) is 0 Å². The zero-order valence-electron chi connectivity index (χ0n) is 2.70. The minimum atomic E-state index is 0.0833. The van der Waals surface area contributed by atoms with Gasteiger partial charge >= 0.3 is 0 Å². The van der Waals surface area contributed by atoms with Crippen molar-refractivity contribution in [2.45, 2.75) is 0 Å². The Morgan fingerprint density at radius 1 is 1.00 bits per heavy atom. The van der Waals surface area contributed by atoms with Crippen LogP contribution < -0.4 is 0 Å². The molecule has 0 aliphatic heterocycles. The van der Waals surface area contributed by atoms with E-state index in [1.807, 2.05) is 0 Å². The summed E-state index contributed by atoms with van der Waals surface area (Å²) in [5.74, 6) is 0.0833. The van der Waals surface area contributed by atoms with Crippen LogP contribution in [0.4, 0.5) is 0 Å². The SMILES string of the molecule is [CH2-]C([CH2-])[CH2-]. The van der Waals surface area contributed by atoms with Crippen molar-refractivity contribution < 1.29 is 0 Å². The second-order valence-electron chi connectivity index (χ2n) is 0.866. The number of hydrogen-bond donors (Lipinski definition) is 0. The van der Waals surface area contributed by atoms with E-state index < -0.39 is 0 Å². The normalized spacial score (nSPS) is 9.00. The third kappa shape index (κ3) is 0. The third-order valence-corrected chi connectivity index (χ3v) is 0. The van der Waals surface area contributed by atoms with Crippen LogP contribution in [-0.4, -0.2) is 0 Å². The van der Waals surface area contributed by atoms with Gasteiger partial charge in [-0.25, -0.2) is 0 Å². The van der Waals surface area contributed by atoms with E-state index in [0.29, 0.717) is 0 Å². The predicted octanol–water partition coefficient (Wildman–Crippen LogP) is 1.10. The van der Waals surface area contributed by atoms with E-state index in [9.17, 15) is 0 Å². The molecule has 0 aromatic carbocycles. The van der Waals surface area contributed by atoms with Crippen LogP contribution in [0.1, 0.15) is 0 Å². The van der Waals surface area contributed by atoms with Crippen molar-refractivity contribution in [3.05, 3.63) is 20.8 Å².